The van der Waals surface area contributed by atoms with Crippen LogP contribution in [-0.4, -0.2) is 23.6 Å². The van der Waals surface area contributed by atoms with Crippen LogP contribution in [0.15, 0.2) is 5.10 Å². The summed E-state index contributed by atoms with van der Waals surface area (Å²) in [5.74, 6) is -0.280. The molecule has 1 atom stereocenters. The van der Waals surface area contributed by atoms with Gasteiger partial charge >= 0.3 is 0 Å². The lowest BCUT2D eigenvalue weighted by Crippen LogP contribution is -2.40. The van der Waals surface area contributed by atoms with E-state index in [-0.39, 0.29) is 17.9 Å². The van der Waals surface area contributed by atoms with Gasteiger partial charge < -0.3 is 5.32 Å². The monoisotopic (exact) mass is 253 g/mol. The minimum atomic E-state index is -0.155. The van der Waals surface area contributed by atoms with Gasteiger partial charge in [0.15, 0.2) is 0 Å². The Morgan fingerprint density at radius 2 is 2.17 bits per heavy atom. The van der Waals surface area contributed by atoms with Gasteiger partial charge in [0.1, 0.15) is 5.71 Å². The van der Waals surface area contributed by atoms with E-state index in [2.05, 4.69) is 22.8 Å². The van der Waals surface area contributed by atoms with Crippen molar-refractivity contribution in [3.05, 3.63) is 0 Å². The van der Waals surface area contributed by atoms with Gasteiger partial charge in [-0.1, -0.05) is 32.6 Å². The molecule has 2 N–H and O–H groups in total. The van der Waals surface area contributed by atoms with Crippen molar-refractivity contribution < 1.29 is 9.59 Å². The number of rotatable bonds is 7. The van der Waals surface area contributed by atoms with Crippen LogP contribution in [-0.2, 0) is 9.59 Å². The molecule has 0 aromatic carbocycles. The molecule has 0 aromatic heterocycles. The smallest absolute Gasteiger partial charge is 0.267 e. The molecule has 1 heterocycles. The zero-order chi connectivity index (χ0) is 13.4. The molecule has 0 fully saturated rings. The minimum Gasteiger partial charge on any atom is -0.348 e. The summed E-state index contributed by atoms with van der Waals surface area (Å²) in [4.78, 5) is 22.7. The van der Waals surface area contributed by atoms with Crippen molar-refractivity contribution in [2.75, 3.05) is 0 Å². The fourth-order valence-electron chi connectivity index (χ4n) is 1.89. The lowest BCUT2D eigenvalue weighted by Gasteiger charge is -2.16. The van der Waals surface area contributed by atoms with Crippen LogP contribution in [0.2, 0.25) is 0 Å². The fourth-order valence-corrected chi connectivity index (χ4v) is 1.89. The lowest BCUT2D eigenvalue weighted by molar-refractivity contribution is -0.121. The summed E-state index contributed by atoms with van der Waals surface area (Å²) < 4.78 is 0. The molecule has 5 nitrogen and oxygen atoms in total. The van der Waals surface area contributed by atoms with Gasteiger partial charge in [0.25, 0.3) is 5.91 Å². The third-order valence-corrected chi connectivity index (χ3v) is 3.03. The van der Waals surface area contributed by atoms with E-state index < -0.39 is 0 Å². The zero-order valence-corrected chi connectivity index (χ0v) is 11.3. The highest BCUT2D eigenvalue weighted by atomic mass is 16.2. The second-order valence-corrected chi connectivity index (χ2v) is 4.82. The summed E-state index contributed by atoms with van der Waals surface area (Å²) in [5, 5.41) is 6.70. The highest BCUT2D eigenvalue weighted by Gasteiger charge is 2.19. The number of nitrogens with zero attached hydrogens (tertiary/aromatic N) is 1. The topological polar surface area (TPSA) is 70.6 Å². The standard InChI is InChI=1S/C13H23N3O2/c1-3-4-5-6-7-10(2)14-13(18)11-8-9-12(17)16-15-11/h10H,3-9H2,1-2H3,(H,14,18)(H,16,17). The molecule has 0 radical (unpaired) electrons. The number of carbonyl (C=O) groups is 2. The lowest BCUT2D eigenvalue weighted by atomic mass is 10.1. The Kier molecular flexibility index (Phi) is 6.39. The van der Waals surface area contributed by atoms with Crippen molar-refractivity contribution >= 4 is 17.5 Å². The van der Waals surface area contributed by atoms with Gasteiger partial charge in [0, 0.05) is 18.9 Å². The normalized spacial score (nSPS) is 16.8. The first-order chi connectivity index (χ1) is 8.63. The number of hydrogen-bond acceptors (Lipinski definition) is 3. The van der Waals surface area contributed by atoms with Crippen molar-refractivity contribution in [2.45, 2.75) is 64.8 Å². The number of hydrazone groups is 1. The number of carbonyl (C=O) groups excluding carboxylic acids is 2. The molecular formula is C13H23N3O2. The third kappa shape index (κ3) is 5.29. The van der Waals surface area contributed by atoms with Crippen LogP contribution in [0.4, 0.5) is 0 Å². The summed E-state index contributed by atoms with van der Waals surface area (Å²) in [7, 11) is 0. The maximum atomic E-state index is 11.8. The summed E-state index contributed by atoms with van der Waals surface area (Å²) >= 11 is 0. The summed E-state index contributed by atoms with van der Waals surface area (Å²) in [6, 6.07) is 0.162. The second-order valence-electron chi connectivity index (χ2n) is 4.82. The number of hydrogen-bond donors (Lipinski definition) is 2. The predicted molar refractivity (Wildman–Crippen MR) is 71.2 cm³/mol. The molecule has 18 heavy (non-hydrogen) atoms. The quantitative estimate of drug-likeness (QED) is 0.678. The molecule has 102 valence electrons. The first kappa shape index (κ1) is 14.7. The average molecular weight is 253 g/mol. The van der Waals surface area contributed by atoms with Crippen molar-refractivity contribution in [1.82, 2.24) is 10.7 Å². The van der Waals surface area contributed by atoms with Gasteiger partial charge in [0.05, 0.1) is 0 Å². The van der Waals surface area contributed by atoms with E-state index in [9.17, 15) is 9.59 Å². The van der Waals surface area contributed by atoms with Crippen LogP contribution in [0.25, 0.3) is 0 Å². The van der Waals surface area contributed by atoms with Crippen molar-refractivity contribution in [3.63, 3.8) is 0 Å². The Bertz CT molecular complexity index is 326. The first-order valence-corrected chi connectivity index (χ1v) is 6.79. The molecular weight excluding hydrogens is 230 g/mol. The Balaban J connectivity index is 2.24. The number of nitrogens with one attached hydrogen (secondary N) is 2. The third-order valence-electron chi connectivity index (χ3n) is 3.03. The maximum Gasteiger partial charge on any atom is 0.267 e. The molecule has 1 aliphatic rings. The van der Waals surface area contributed by atoms with Crippen molar-refractivity contribution in [3.8, 4) is 0 Å². The predicted octanol–water partition coefficient (Wildman–Crippen LogP) is 1.73. The Hall–Kier alpha value is -1.39. The van der Waals surface area contributed by atoms with E-state index in [1.54, 1.807) is 0 Å². The maximum absolute atomic E-state index is 11.8. The van der Waals surface area contributed by atoms with Gasteiger partial charge in [-0.15, -0.1) is 0 Å². The molecule has 0 saturated heterocycles. The van der Waals surface area contributed by atoms with Crippen LogP contribution in [0.5, 0.6) is 0 Å². The van der Waals surface area contributed by atoms with Gasteiger partial charge in [-0.05, 0) is 13.3 Å². The van der Waals surface area contributed by atoms with E-state index in [1.807, 2.05) is 6.92 Å². The molecule has 1 rings (SSSR count). The van der Waals surface area contributed by atoms with Gasteiger partial charge in [0.2, 0.25) is 5.91 Å². The molecule has 1 unspecified atom stereocenters. The fraction of sp³-hybridized carbons (Fsp3) is 0.769. The van der Waals surface area contributed by atoms with E-state index in [4.69, 9.17) is 0 Å². The van der Waals surface area contributed by atoms with Gasteiger partial charge in [-0.3, -0.25) is 9.59 Å². The SMILES string of the molecule is CCCCCCC(C)NC(=O)C1=NNC(=O)CC1. The Labute approximate surface area is 108 Å². The van der Waals surface area contributed by atoms with E-state index in [0.29, 0.717) is 18.6 Å². The largest absolute Gasteiger partial charge is 0.348 e. The highest BCUT2D eigenvalue weighted by Crippen LogP contribution is 2.06. The van der Waals surface area contributed by atoms with Crippen LogP contribution in [0.1, 0.15) is 58.8 Å². The van der Waals surface area contributed by atoms with Crippen LogP contribution in [0, 0.1) is 0 Å². The molecule has 1 aliphatic heterocycles. The van der Waals surface area contributed by atoms with Crippen LogP contribution < -0.4 is 10.7 Å². The summed E-state index contributed by atoms with van der Waals surface area (Å²) in [6.07, 6.45) is 6.59. The summed E-state index contributed by atoms with van der Waals surface area (Å²) in [5.41, 5.74) is 2.76. The molecule has 0 aliphatic carbocycles. The molecule has 0 bridgehead atoms. The van der Waals surface area contributed by atoms with Crippen LogP contribution in [0.3, 0.4) is 0 Å². The number of amides is 2. The Morgan fingerprint density at radius 3 is 2.78 bits per heavy atom. The summed E-state index contributed by atoms with van der Waals surface area (Å²) in [6.45, 7) is 4.19. The average Bonchev–Trinajstić information content (AvgIpc) is 2.35. The van der Waals surface area contributed by atoms with Crippen LogP contribution >= 0.6 is 0 Å². The highest BCUT2D eigenvalue weighted by molar-refractivity contribution is 6.39. The first-order valence-electron chi connectivity index (χ1n) is 6.79. The zero-order valence-electron chi connectivity index (χ0n) is 11.3. The van der Waals surface area contributed by atoms with Gasteiger partial charge in [-0.2, -0.15) is 5.10 Å². The molecule has 0 saturated carbocycles. The number of unbranched alkanes of at least 4 members (excludes halogenated alkanes) is 3. The van der Waals surface area contributed by atoms with Gasteiger partial charge in [-0.25, -0.2) is 5.43 Å². The van der Waals surface area contributed by atoms with Crippen molar-refractivity contribution in [1.29, 1.82) is 0 Å². The molecule has 0 aromatic rings. The van der Waals surface area contributed by atoms with Crippen molar-refractivity contribution in [2.24, 2.45) is 5.10 Å². The Morgan fingerprint density at radius 1 is 1.39 bits per heavy atom. The molecule has 2 amide bonds. The van der Waals surface area contributed by atoms with E-state index in [0.717, 1.165) is 12.8 Å². The second kappa shape index (κ2) is 7.84. The van der Waals surface area contributed by atoms with E-state index >= 15 is 0 Å². The molecule has 5 heteroatoms. The molecule has 0 spiro atoms. The minimum absolute atomic E-state index is 0.126. The van der Waals surface area contributed by atoms with E-state index in [1.165, 1.54) is 19.3 Å².